The van der Waals surface area contributed by atoms with Crippen LogP contribution < -0.4 is 0 Å². The van der Waals surface area contributed by atoms with Gasteiger partial charge in [0.25, 0.3) is 0 Å². The molecular formula is C16H32O3. The minimum absolute atomic E-state index is 0.245. The average Bonchev–Trinajstić information content (AvgIpc) is 2.27. The first-order chi connectivity index (χ1) is 8.81. The molecule has 0 heterocycles. The predicted octanol–water partition coefficient (Wildman–Crippen LogP) is 4.08. The summed E-state index contributed by atoms with van der Waals surface area (Å²) < 4.78 is 5.43. The van der Waals surface area contributed by atoms with Crippen molar-refractivity contribution in [3.63, 3.8) is 0 Å². The van der Waals surface area contributed by atoms with Crippen LogP contribution in [0.5, 0.6) is 0 Å². The van der Waals surface area contributed by atoms with Crippen LogP contribution in [0.2, 0.25) is 0 Å². The van der Waals surface area contributed by atoms with E-state index in [4.69, 9.17) is 4.74 Å². The van der Waals surface area contributed by atoms with E-state index in [1.807, 2.05) is 20.8 Å². The summed E-state index contributed by atoms with van der Waals surface area (Å²) in [7, 11) is 0. The van der Waals surface area contributed by atoms with Crippen molar-refractivity contribution < 1.29 is 14.6 Å². The SMILES string of the molecule is CCCCC[C@@H](O)[C@@H](CCCC)C(=O)OC(C)(C)C. The number of ether oxygens (including phenoxy) is 1. The smallest absolute Gasteiger partial charge is 0.312 e. The molecule has 0 spiro atoms. The first-order valence-electron chi connectivity index (χ1n) is 7.72. The van der Waals surface area contributed by atoms with E-state index in [9.17, 15) is 9.90 Å². The summed E-state index contributed by atoms with van der Waals surface area (Å²) >= 11 is 0. The number of aliphatic hydroxyl groups excluding tert-OH is 1. The molecule has 2 atom stereocenters. The second-order valence-electron chi connectivity index (χ2n) is 6.35. The van der Waals surface area contributed by atoms with Gasteiger partial charge in [0.05, 0.1) is 12.0 Å². The molecule has 0 aromatic rings. The van der Waals surface area contributed by atoms with Gasteiger partial charge >= 0.3 is 5.97 Å². The first-order valence-corrected chi connectivity index (χ1v) is 7.72. The molecule has 0 aromatic heterocycles. The second-order valence-corrected chi connectivity index (χ2v) is 6.35. The largest absolute Gasteiger partial charge is 0.460 e. The van der Waals surface area contributed by atoms with Crippen molar-refractivity contribution in [2.75, 3.05) is 0 Å². The van der Waals surface area contributed by atoms with Gasteiger partial charge in [-0.15, -0.1) is 0 Å². The Kier molecular flexibility index (Phi) is 9.07. The van der Waals surface area contributed by atoms with Gasteiger partial charge in [0.1, 0.15) is 5.60 Å². The van der Waals surface area contributed by atoms with E-state index in [2.05, 4.69) is 13.8 Å². The lowest BCUT2D eigenvalue weighted by atomic mass is 9.92. The Morgan fingerprint density at radius 1 is 1.05 bits per heavy atom. The molecule has 0 aliphatic heterocycles. The summed E-state index contributed by atoms with van der Waals surface area (Å²) in [6.07, 6.45) is 6.04. The lowest BCUT2D eigenvalue weighted by molar-refractivity contribution is -0.164. The van der Waals surface area contributed by atoms with Crippen molar-refractivity contribution in [2.24, 2.45) is 5.92 Å². The summed E-state index contributed by atoms with van der Waals surface area (Å²) in [6, 6.07) is 0. The highest BCUT2D eigenvalue weighted by Crippen LogP contribution is 2.22. The van der Waals surface area contributed by atoms with Gasteiger partial charge in [0, 0.05) is 0 Å². The van der Waals surface area contributed by atoms with E-state index in [0.29, 0.717) is 6.42 Å². The summed E-state index contributed by atoms with van der Waals surface area (Å²) in [5.41, 5.74) is -0.481. The Balaban J connectivity index is 4.46. The fraction of sp³-hybridized carbons (Fsp3) is 0.938. The third-order valence-corrected chi connectivity index (χ3v) is 3.15. The number of esters is 1. The van der Waals surface area contributed by atoms with Crippen LogP contribution in [0, 0.1) is 5.92 Å². The quantitative estimate of drug-likeness (QED) is 0.508. The van der Waals surface area contributed by atoms with Crippen LogP contribution in [-0.2, 0) is 9.53 Å². The minimum Gasteiger partial charge on any atom is -0.460 e. The van der Waals surface area contributed by atoms with Gasteiger partial charge in [-0.25, -0.2) is 0 Å². The van der Waals surface area contributed by atoms with E-state index in [0.717, 1.165) is 38.5 Å². The van der Waals surface area contributed by atoms with Gasteiger partial charge in [0.2, 0.25) is 0 Å². The zero-order chi connectivity index (χ0) is 14.9. The normalized spacial score (nSPS) is 15.1. The Bertz CT molecular complexity index is 243. The molecule has 0 saturated carbocycles. The lowest BCUT2D eigenvalue weighted by Crippen LogP contribution is -2.35. The molecular weight excluding hydrogens is 240 g/mol. The summed E-state index contributed by atoms with van der Waals surface area (Å²) in [4.78, 5) is 12.2. The highest BCUT2D eigenvalue weighted by Gasteiger charge is 2.30. The molecule has 0 fully saturated rings. The number of carbonyl (C=O) groups is 1. The number of hydrogen-bond donors (Lipinski definition) is 1. The minimum atomic E-state index is -0.562. The molecule has 0 aliphatic carbocycles. The van der Waals surface area contributed by atoms with Crippen LogP contribution in [0.15, 0.2) is 0 Å². The number of aliphatic hydroxyl groups is 1. The molecule has 0 aromatic carbocycles. The molecule has 19 heavy (non-hydrogen) atoms. The van der Waals surface area contributed by atoms with Crippen LogP contribution in [0.3, 0.4) is 0 Å². The fourth-order valence-electron chi connectivity index (χ4n) is 2.07. The molecule has 3 nitrogen and oxygen atoms in total. The van der Waals surface area contributed by atoms with E-state index in [-0.39, 0.29) is 11.9 Å². The monoisotopic (exact) mass is 272 g/mol. The maximum Gasteiger partial charge on any atom is 0.312 e. The zero-order valence-electron chi connectivity index (χ0n) is 13.4. The number of carbonyl (C=O) groups excluding carboxylic acids is 1. The van der Waals surface area contributed by atoms with E-state index in [1.165, 1.54) is 0 Å². The maximum absolute atomic E-state index is 12.2. The van der Waals surface area contributed by atoms with Crippen molar-refractivity contribution >= 4 is 5.97 Å². The topological polar surface area (TPSA) is 46.5 Å². The fourth-order valence-corrected chi connectivity index (χ4v) is 2.07. The first kappa shape index (κ1) is 18.4. The zero-order valence-corrected chi connectivity index (χ0v) is 13.4. The third-order valence-electron chi connectivity index (χ3n) is 3.15. The van der Waals surface area contributed by atoms with Crippen molar-refractivity contribution in [2.45, 2.75) is 91.3 Å². The summed E-state index contributed by atoms with van der Waals surface area (Å²) in [5.74, 6) is -0.610. The van der Waals surface area contributed by atoms with Crippen LogP contribution in [-0.4, -0.2) is 22.8 Å². The van der Waals surface area contributed by atoms with Gasteiger partial charge in [0.15, 0.2) is 0 Å². The Morgan fingerprint density at radius 2 is 1.63 bits per heavy atom. The summed E-state index contributed by atoms with van der Waals surface area (Å²) in [6.45, 7) is 9.83. The number of rotatable bonds is 9. The van der Waals surface area contributed by atoms with Crippen molar-refractivity contribution in [3.05, 3.63) is 0 Å². The predicted molar refractivity (Wildman–Crippen MR) is 79.0 cm³/mol. The van der Waals surface area contributed by atoms with Crippen LogP contribution >= 0.6 is 0 Å². The van der Waals surface area contributed by atoms with Gasteiger partial charge in [-0.1, -0.05) is 46.0 Å². The number of hydrogen-bond acceptors (Lipinski definition) is 3. The standard InChI is InChI=1S/C16H32O3/c1-6-8-10-12-14(17)13(11-9-7-2)15(18)19-16(3,4)5/h13-14,17H,6-12H2,1-5H3/t13-,14-/m1/s1. The molecule has 0 rings (SSSR count). The van der Waals surface area contributed by atoms with Gasteiger partial charge in [-0.3, -0.25) is 4.79 Å². The van der Waals surface area contributed by atoms with E-state index < -0.39 is 11.7 Å². The molecule has 0 bridgehead atoms. The van der Waals surface area contributed by atoms with Crippen molar-refractivity contribution in [1.82, 2.24) is 0 Å². The van der Waals surface area contributed by atoms with Crippen molar-refractivity contribution in [1.29, 1.82) is 0 Å². The molecule has 0 aliphatic rings. The molecule has 1 N–H and O–H groups in total. The Labute approximate surface area is 118 Å². The van der Waals surface area contributed by atoms with Crippen LogP contribution in [0.4, 0.5) is 0 Å². The highest BCUT2D eigenvalue weighted by atomic mass is 16.6. The molecule has 0 saturated heterocycles. The lowest BCUT2D eigenvalue weighted by Gasteiger charge is -2.26. The van der Waals surface area contributed by atoms with Crippen LogP contribution in [0.25, 0.3) is 0 Å². The molecule has 0 unspecified atom stereocenters. The average molecular weight is 272 g/mol. The Hall–Kier alpha value is -0.570. The molecule has 0 radical (unpaired) electrons. The van der Waals surface area contributed by atoms with E-state index >= 15 is 0 Å². The third kappa shape index (κ3) is 9.04. The molecule has 114 valence electrons. The van der Waals surface area contributed by atoms with E-state index in [1.54, 1.807) is 0 Å². The summed E-state index contributed by atoms with van der Waals surface area (Å²) in [5, 5.41) is 10.2. The van der Waals surface area contributed by atoms with Crippen LogP contribution in [0.1, 0.15) is 79.6 Å². The number of unbranched alkanes of at least 4 members (excludes halogenated alkanes) is 3. The molecule has 3 heteroatoms. The highest BCUT2D eigenvalue weighted by molar-refractivity contribution is 5.73. The van der Waals surface area contributed by atoms with Gasteiger partial charge in [-0.05, 0) is 33.6 Å². The Morgan fingerprint density at radius 3 is 2.11 bits per heavy atom. The maximum atomic E-state index is 12.2. The second kappa shape index (κ2) is 9.35. The van der Waals surface area contributed by atoms with Crippen molar-refractivity contribution in [3.8, 4) is 0 Å². The van der Waals surface area contributed by atoms with Gasteiger partial charge < -0.3 is 9.84 Å². The molecule has 0 amide bonds. The van der Waals surface area contributed by atoms with Gasteiger partial charge in [-0.2, -0.15) is 0 Å².